The van der Waals surface area contributed by atoms with E-state index in [1.807, 2.05) is 0 Å². The molecule has 0 saturated carbocycles. The average Bonchev–Trinajstić information content (AvgIpc) is 3.14. The Morgan fingerprint density at radius 1 is 1.03 bits per heavy atom. The lowest BCUT2D eigenvalue weighted by atomic mass is 9.95. The number of pyridine rings is 1. The molecule has 8 nitrogen and oxygen atoms in total. The number of Topliss-reactive ketones (excluding diaryl/α,β-unsaturated/α-hetero) is 1. The molecule has 1 N–H and O–H groups in total. The third-order valence-corrected chi connectivity index (χ3v) is 5.57. The number of aliphatic hydroxyl groups is 1. The number of benzene rings is 2. The van der Waals surface area contributed by atoms with Crippen LogP contribution in [0.3, 0.4) is 0 Å². The number of nitrogens with zero attached hydrogens (tertiary/aromatic N) is 2. The van der Waals surface area contributed by atoms with E-state index >= 15 is 0 Å². The van der Waals surface area contributed by atoms with Crippen molar-refractivity contribution in [3.63, 3.8) is 0 Å². The quantitative estimate of drug-likeness (QED) is 0.374. The van der Waals surface area contributed by atoms with Crippen molar-refractivity contribution in [2.24, 2.45) is 0 Å². The van der Waals surface area contributed by atoms with Gasteiger partial charge >= 0.3 is 5.91 Å². The molecule has 3 aromatic rings. The van der Waals surface area contributed by atoms with Crippen LogP contribution in [0.1, 0.15) is 17.2 Å². The third-order valence-electron chi connectivity index (χ3n) is 5.57. The van der Waals surface area contributed by atoms with E-state index in [0.717, 1.165) is 0 Å². The number of aromatic nitrogens is 1. The molecule has 2 aliphatic rings. The van der Waals surface area contributed by atoms with Crippen LogP contribution in [0.2, 0.25) is 0 Å². The predicted octanol–water partition coefficient (Wildman–Crippen LogP) is 3.49. The van der Waals surface area contributed by atoms with Gasteiger partial charge in [0.1, 0.15) is 30.5 Å². The summed E-state index contributed by atoms with van der Waals surface area (Å²) in [5.41, 5.74) is 0.889. The molecule has 1 saturated heterocycles. The van der Waals surface area contributed by atoms with Gasteiger partial charge in [0, 0.05) is 11.8 Å². The van der Waals surface area contributed by atoms with E-state index in [1.165, 1.54) is 18.2 Å². The van der Waals surface area contributed by atoms with Gasteiger partial charge in [0.05, 0.1) is 18.7 Å². The summed E-state index contributed by atoms with van der Waals surface area (Å²) in [6.07, 6.45) is 1.54. The molecule has 0 aliphatic carbocycles. The molecule has 2 aromatic carbocycles. The fourth-order valence-corrected chi connectivity index (χ4v) is 4.04. The van der Waals surface area contributed by atoms with Crippen molar-refractivity contribution in [1.82, 2.24) is 4.98 Å². The van der Waals surface area contributed by atoms with Gasteiger partial charge in [0.2, 0.25) is 0 Å². The van der Waals surface area contributed by atoms with Gasteiger partial charge in [-0.1, -0.05) is 18.2 Å². The van der Waals surface area contributed by atoms with Crippen LogP contribution in [0.15, 0.2) is 72.4 Å². The Kier molecular flexibility index (Phi) is 5.18. The number of fused-ring (bicyclic) bond motifs is 1. The topological polar surface area (TPSA) is 98.2 Å². The molecule has 166 valence electrons. The van der Waals surface area contributed by atoms with Crippen LogP contribution in [0.4, 0.5) is 5.82 Å². The molecule has 1 aromatic heterocycles. The molecule has 2 aliphatic heterocycles. The summed E-state index contributed by atoms with van der Waals surface area (Å²) in [6, 6.07) is 16.1. The van der Waals surface area contributed by atoms with Gasteiger partial charge < -0.3 is 19.3 Å². The van der Waals surface area contributed by atoms with Gasteiger partial charge in [-0.2, -0.15) is 0 Å². The summed E-state index contributed by atoms with van der Waals surface area (Å²) in [4.78, 5) is 31.9. The van der Waals surface area contributed by atoms with E-state index in [2.05, 4.69) is 4.98 Å². The summed E-state index contributed by atoms with van der Waals surface area (Å²) in [6.45, 7) is 0.814. The SMILES string of the molecule is COc1cccc(C2C(=C(O)c3ccc4c(c3)OCCO4)C(=O)C(=O)N2c2ccccn2)c1. The number of hydrogen-bond acceptors (Lipinski definition) is 7. The number of ketones is 1. The number of hydrogen-bond donors (Lipinski definition) is 1. The van der Waals surface area contributed by atoms with Crippen LogP contribution in [0.5, 0.6) is 17.2 Å². The molecule has 0 spiro atoms. The van der Waals surface area contributed by atoms with Gasteiger partial charge in [-0.3, -0.25) is 14.5 Å². The minimum absolute atomic E-state index is 0.0458. The largest absolute Gasteiger partial charge is 0.507 e. The van der Waals surface area contributed by atoms with Crippen molar-refractivity contribution >= 4 is 23.3 Å². The molecular formula is C25H20N2O6. The zero-order valence-electron chi connectivity index (χ0n) is 17.7. The standard InChI is InChI=1S/C25H20N2O6/c1-31-17-6-4-5-15(13-17)22-21(24(29)25(30)27(22)20-7-2-3-10-26-20)23(28)16-8-9-18-19(14-16)33-12-11-32-18/h2-10,13-14,22,28H,11-12H2,1H3. The second-order valence-corrected chi connectivity index (χ2v) is 7.49. The summed E-state index contributed by atoms with van der Waals surface area (Å²) < 4.78 is 16.5. The maximum absolute atomic E-state index is 13.2. The molecule has 1 unspecified atom stereocenters. The highest BCUT2D eigenvalue weighted by molar-refractivity contribution is 6.51. The Morgan fingerprint density at radius 3 is 2.61 bits per heavy atom. The normalized spacial score (nSPS) is 18.9. The van der Waals surface area contributed by atoms with Gasteiger partial charge in [0.15, 0.2) is 11.5 Å². The van der Waals surface area contributed by atoms with Crippen LogP contribution in [-0.4, -0.2) is 42.1 Å². The highest BCUT2D eigenvalue weighted by atomic mass is 16.6. The van der Waals surface area contributed by atoms with Gasteiger partial charge in [-0.25, -0.2) is 4.98 Å². The Bertz CT molecular complexity index is 1270. The van der Waals surface area contributed by atoms with Crippen LogP contribution in [0, 0.1) is 0 Å². The minimum atomic E-state index is -0.900. The van der Waals surface area contributed by atoms with E-state index in [9.17, 15) is 14.7 Å². The summed E-state index contributed by atoms with van der Waals surface area (Å²) in [7, 11) is 1.53. The molecule has 3 heterocycles. The molecule has 8 heteroatoms. The Morgan fingerprint density at radius 2 is 1.85 bits per heavy atom. The Hall–Kier alpha value is -4.33. The van der Waals surface area contributed by atoms with E-state index in [0.29, 0.717) is 47.4 Å². The number of carbonyl (C=O) groups excluding carboxylic acids is 2. The van der Waals surface area contributed by atoms with Crippen molar-refractivity contribution < 1.29 is 28.9 Å². The molecule has 33 heavy (non-hydrogen) atoms. The summed E-state index contributed by atoms with van der Waals surface area (Å²) >= 11 is 0. The second kappa shape index (κ2) is 8.31. The minimum Gasteiger partial charge on any atom is -0.507 e. The number of methoxy groups -OCH3 is 1. The zero-order valence-corrected chi connectivity index (χ0v) is 17.7. The van der Waals surface area contributed by atoms with E-state index in [-0.39, 0.29) is 11.3 Å². The number of carbonyl (C=O) groups is 2. The lowest BCUT2D eigenvalue weighted by Gasteiger charge is -2.25. The van der Waals surface area contributed by atoms with E-state index < -0.39 is 17.7 Å². The molecular weight excluding hydrogens is 424 g/mol. The maximum atomic E-state index is 13.2. The number of rotatable bonds is 4. The summed E-state index contributed by atoms with van der Waals surface area (Å²) in [5.74, 6) is -0.0246. The maximum Gasteiger partial charge on any atom is 0.301 e. The van der Waals surface area contributed by atoms with Crippen LogP contribution < -0.4 is 19.1 Å². The van der Waals surface area contributed by atoms with Gasteiger partial charge in [-0.15, -0.1) is 0 Å². The molecule has 1 atom stereocenters. The fraction of sp³-hybridized carbons (Fsp3) is 0.160. The van der Waals surface area contributed by atoms with E-state index in [4.69, 9.17) is 14.2 Å². The predicted molar refractivity (Wildman–Crippen MR) is 119 cm³/mol. The lowest BCUT2D eigenvalue weighted by Crippen LogP contribution is -2.30. The van der Waals surface area contributed by atoms with Crippen molar-refractivity contribution in [3.8, 4) is 17.2 Å². The third kappa shape index (κ3) is 3.55. The first kappa shape index (κ1) is 20.6. The van der Waals surface area contributed by atoms with Crippen LogP contribution in [0.25, 0.3) is 5.76 Å². The first-order valence-electron chi connectivity index (χ1n) is 10.3. The fourth-order valence-electron chi connectivity index (χ4n) is 4.04. The van der Waals surface area contributed by atoms with Crippen molar-refractivity contribution in [2.45, 2.75) is 6.04 Å². The van der Waals surface area contributed by atoms with Gasteiger partial charge in [0.25, 0.3) is 5.78 Å². The average molecular weight is 444 g/mol. The smallest absolute Gasteiger partial charge is 0.301 e. The Labute approximate surface area is 189 Å². The Balaban J connectivity index is 1.70. The van der Waals surface area contributed by atoms with Crippen molar-refractivity contribution in [1.29, 1.82) is 0 Å². The summed E-state index contributed by atoms with van der Waals surface area (Å²) in [5, 5.41) is 11.3. The van der Waals surface area contributed by atoms with Gasteiger partial charge in [-0.05, 0) is 48.0 Å². The van der Waals surface area contributed by atoms with Crippen LogP contribution >= 0.6 is 0 Å². The highest BCUT2D eigenvalue weighted by Crippen LogP contribution is 2.43. The molecule has 1 amide bonds. The zero-order chi connectivity index (χ0) is 22.9. The van der Waals surface area contributed by atoms with E-state index in [1.54, 1.807) is 60.7 Å². The molecule has 1 fully saturated rings. The molecule has 0 bridgehead atoms. The molecule has 0 radical (unpaired) electrons. The number of anilines is 1. The van der Waals surface area contributed by atoms with Crippen LogP contribution in [-0.2, 0) is 9.59 Å². The first-order chi connectivity index (χ1) is 16.1. The number of ether oxygens (including phenoxy) is 3. The van der Waals surface area contributed by atoms with Crippen molar-refractivity contribution in [3.05, 3.63) is 83.6 Å². The first-order valence-corrected chi connectivity index (χ1v) is 10.3. The lowest BCUT2D eigenvalue weighted by molar-refractivity contribution is -0.132. The monoisotopic (exact) mass is 444 g/mol. The molecule has 5 rings (SSSR count). The second-order valence-electron chi connectivity index (χ2n) is 7.49. The number of amides is 1. The van der Waals surface area contributed by atoms with Crippen molar-refractivity contribution in [2.75, 3.05) is 25.2 Å². The number of aliphatic hydroxyl groups excluding tert-OH is 1. The highest BCUT2D eigenvalue weighted by Gasteiger charge is 2.47.